The van der Waals surface area contributed by atoms with Crippen LogP contribution in [0.25, 0.3) is 11.5 Å². The van der Waals surface area contributed by atoms with Crippen molar-refractivity contribution in [3.05, 3.63) is 41.3 Å². The van der Waals surface area contributed by atoms with Crippen molar-refractivity contribution in [2.45, 2.75) is 71.1 Å². The van der Waals surface area contributed by atoms with Crippen LogP contribution in [0.1, 0.15) is 55.5 Å². The van der Waals surface area contributed by atoms with Crippen molar-refractivity contribution < 1.29 is 23.8 Å². The van der Waals surface area contributed by atoms with Crippen LogP contribution in [0.15, 0.2) is 28.7 Å². The molecule has 1 amide bonds. The van der Waals surface area contributed by atoms with E-state index in [-0.39, 0.29) is 17.9 Å². The summed E-state index contributed by atoms with van der Waals surface area (Å²) in [5.74, 6) is 0.222. The maximum absolute atomic E-state index is 13.0. The molecule has 4 rings (SSSR count). The van der Waals surface area contributed by atoms with E-state index in [9.17, 15) is 14.7 Å². The molecule has 7 heteroatoms. The number of aromatic nitrogens is 1. The Morgan fingerprint density at radius 1 is 1.16 bits per heavy atom. The first kappa shape index (κ1) is 21.6. The molecule has 1 saturated heterocycles. The molecule has 1 aliphatic heterocycles. The van der Waals surface area contributed by atoms with E-state index in [0.29, 0.717) is 31.9 Å². The summed E-state index contributed by atoms with van der Waals surface area (Å²) >= 11 is 0. The fraction of sp³-hybridized carbons (Fsp3) is 0.542. The highest BCUT2D eigenvalue weighted by Gasteiger charge is 2.38. The summed E-state index contributed by atoms with van der Waals surface area (Å²) in [7, 11) is 0. The van der Waals surface area contributed by atoms with Gasteiger partial charge in [0.25, 0.3) is 0 Å². The molecule has 2 unspecified atom stereocenters. The van der Waals surface area contributed by atoms with Gasteiger partial charge in [-0.3, -0.25) is 4.79 Å². The van der Waals surface area contributed by atoms with Gasteiger partial charge in [-0.2, -0.15) is 0 Å². The summed E-state index contributed by atoms with van der Waals surface area (Å²) < 4.78 is 12.0. The lowest BCUT2D eigenvalue weighted by Gasteiger charge is -2.32. The maximum atomic E-state index is 13.0. The van der Waals surface area contributed by atoms with Crippen LogP contribution in [-0.4, -0.2) is 45.6 Å². The number of aryl methyl sites for hydroxylation is 2. The molecule has 7 nitrogen and oxygen atoms in total. The molecule has 1 aromatic carbocycles. The monoisotopic (exact) mass is 426 g/mol. The van der Waals surface area contributed by atoms with Crippen LogP contribution in [0.5, 0.6) is 0 Å². The van der Waals surface area contributed by atoms with E-state index in [0.717, 1.165) is 42.7 Å². The van der Waals surface area contributed by atoms with Gasteiger partial charge in [0.15, 0.2) is 0 Å². The van der Waals surface area contributed by atoms with Gasteiger partial charge in [0, 0.05) is 18.0 Å². The third-order valence-corrected chi connectivity index (χ3v) is 6.44. The van der Waals surface area contributed by atoms with Gasteiger partial charge in [-0.05, 0) is 58.1 Å². The SMILES string of the molecule is Cc1ccc(-c2nc(COC3CCCC(C(=O)N4CCC[C@H]4C(=O)O)C3)c(C)o2)cc1. The number of carbonyl (C=O) groups is 2. The number of hydrogen-bond donors (Lipinski definition) is 1. The number of carbonyl (C=O) groups excluding carboxylic acids is 1. The van der Waals surface area contributed by atoms with Gasteiger partial charge >= 0.3 is 5.97 Å². The van der Waals surface area contributed by atoms with Crippen molar-refractivity contribution in [1.82, 2.24) is 9.88 Å². The normalized spacial score (nSPS) is 23.8. The van der Waals surface area contributed by atoms with Gasteiger partial charge in [-0.15, -0.1) is 0 Å². The average molecular weight is 427 g/mol. The van der Waals surface area contributed by atoms with E-state index in [1.165, 1.54) is 5.56 Å². The first-order valence-electron chi connectivity index (χ1n) is 11.1. The van der Waals surface area contributed by atoms with Gasteiger partial charge in [-0.25, -0.2) is 9.78 Å². The second kappa shape index (κ2) is 9.22. The molecule has 3 atom stereocenters. The fourth-order valence-corrected chi connectivity index (χ4v) is 4.62. The van der Waals surface area contributed by atoms with Crippen LogP contribution in [0, 0.1) is 19.8 Å². The minimum atomic E-state index is -0.902. The molecule has 0 bridgehead atoms. The Morgan fingerprint density at radius 3 is 2.68 bits per heavy atom. The highest BCUT2D eigenvalue weighted by molar-refractivity contribution is 5.85. The van der Waals surface area contributed by atoms with Crippen LogP contribution in [0.2, 0.25) is 0 Å². The maximum Gasteiger partial charge on any atom is 0.326 e. The lowest BCUT2D eigenvalue weighted by Crippen LogP contribution is -2.45. The number of oxazole rings is 1. The van der Waals surface area contributed by atoms with Crippen LogP contribution in [-0.2, 0) is 20.9 Å². The summed E-state index contributed by atoms with van der Waals surface area (Å²) in [5.41, 5.74) is 2.89. The molecule has 166 valence electrons. The average Bonchev–Trinajstić information content (AvgIpc) is 3.39. The van der Waals surface area contributed by atoms with Gasteiger partial charge in [0.2, 0.25) is 11.8 Å². The summed E-state index contributed by atoms with van der Waals surface area (Å²) in [6.45, 7) is 4.81. The lowest BCUT2D eigenvalue weighted by molar-refractivity contribution is -0.151. The largest absolute Gasteiger partial charge is 0.480 e. The number of ether oxygens (including phenoxy) is 1. The van der Waals surface area contributed by atoms with E-state index in [1.807, 2.05) is 38.1 Å². The molecule has 0 radical (unpaired) electrons. The number of rotatable bonds is 6. The Kier molecular flexibility index (Phi) is 6.41. The molecule has 1 N–H and O–H groups in total. The van der Waals surface area contributed by atoms with Crippen molar-refractivity contribution in [3.63, 3.8) is 0 Å². The molecular formula is C24H30N2O5. The third kappa shape index (κ3) is 4.82. The molecule has 2 heterocycles. The molecule has 31 heavy (non-hydrogen) atoms. The third-order valence-electron chi connectivity index (χ3n) is 6.44. The topological polar surface area (TPSA) is 92.9 Å². The highest BCUT2D eigenvalue weighted by atomic mass is 16.5. The Hall–Kier alpha value is -2.67. The van der Waals surface area contributed by atoms with E-state index in [4.69, 9.17) is 9.15 Å². The van der Waals surface area contributed by atoms with Crippen LogP contribution >= 0.6 is 0 Å². The zero-order chi connectivity index (χ0) is 22.0. The summed E-state index contributed by atoms with van der Waals surface area (Å²) in [5, 5.41) is 9.38. The minimum absolute atomic E-state index is 0.0301. The molecular weight excluding hydrogens is 396 g/mol. The van der Waals surface area contributed by atoms with E-state index >= 15 is 0 Å². The van der Waals surface area contributed by atoms with E-state index in [1.54, 1.807) is 4.90 Å². The van der Waals surface area contributed by atoms with Crippen molar-refractivity contribution in [3.8, 4) is 11.5 Å². The van der Waals surface area contributed by atoms with Gasteiger partial charge in [-0.1, -0.05) is 24.1 Å². The number of benzene rings is 1. The second-order valence-electron chi connectivity index (χ2n) is 8.71. The number of hydrogen-bond acceptors (Lipinski definition) is 5. The molecule has 1 aromatic heterocycles. The van der Waals surface area contributed by atoms with Gasteiger partial charge in [0.05, 0.1) is 12.7 Å². The summed E-state index contributed by atoms with van der Waals surface area (Å²) in [6, 6.07) is 7.36. The molecule has 1 saturated carbocycles. The van der Waals surface area contributed by atoms with Crippen LogP contribution in [0.4, 0.5) is 0 Å². The van der Waals surface area contributed by atoms with Crippen LogP contribution < -0.4 is 0 Å². The molecule has 2 aromatic rings. The smallest absolute Gasteiger partial charge is 0.326 e. The van der Waals surface area contributed by atoms with E-state index in [2.05, 4.69) is 4.98 Å². The second-order valence-corrected chi connectivity index (χ2v) is 8.71. The Labute approximate surface area is 182 Å². The molecule has 2 fully saturated rings. The van der Waals surface area contributed by atoms with Crippen molar-refractivity contribution in [2.75, 3.05) is 6.54 Å². The number of aliphatic carboxylic acids is 1. The quantitative estimate of drug-likeness (QED) is 0.747. The summed E-state index contributed by atoms with van der Waals surface area (Å²) in [6.07, 6.45) is 4.48. The first-order chi connectivity index (χ1) is 14.9. The van der Waals surface area contributed by atoms with Crippen molar-refractivity contribution in [2.24, 2.45) is 5.92 Å². The number of nitrogens with zero attached hydrogens (tertiary/aromatic N) is 2. The predicted octanol–water partition coefficient (Wildman–Crippen LogP) is 4.11. The van der Waals surface area contributed by atoms with Crippen molar-refractivity contribution in [1.29, 1.82) is 0 Å². The molecule has 1 aliphatic carbocycles. The minimum Gasteiger partial charge on any atom is -0.480 e. The van der Waals surface area contributed by atoms with Gasteiger partial charge in [0.1, 0.15) is 17.5 Å². The predicted molar refractivity (Wildman–Crippen MR) is 114 cm³/mol. The van der Waals surface area contributed by atoms with Gasteiger partial charge < -0.3 is 19.2 Å². The summed E-state index contributed by atoms with van der Waals surface area (Å²) in [4.78, 5) is 30.6. The Balaban J connectivity index is 1.35. The number of likely N-dealkylation sites (tertiary alicyclic amines) is 1. The fourth-order valence-electron chi connectivity index (χ4n) is 4.62. The Morgan fingerprint density at radius 2 is 1.94 bits per heavy atom. The van der Waals surface area contributed by atoms with E-state index < -0.39 is 12.0 Å². The highest BCUT2D eigenvalue weighted by Crippen LogP contribution is 2.31. The Bertz CT molecular complexity index is 936. The van der Waals surface area contributed by atoms with Crippen molar-refractivity contribution >= 4 is 11.9 Å². The first-order valence-corrected chi connectivity index (χ1v) is 11.1. The number of carboxylic acids is 1. The number of carboxylic acid groups (broad SMARTS) is 1. The molecule has 0 spiro atoms. The lowest BCUT2D eigenvalue weighted by atomic mass is 9.86. The zero-order valence-corrected chi connectivity index (χ0v) is 18.2. The van der Waals surface area contributed by atoms with Crippen LogP contribution in [0.3, 0.4) is 0 Å². The molecule has 2 aliphatic rings. The standard InChI is InChI=1S/C24H30N2O5/c1-15-8-10-17(11-9-15)22-25-20(16(2)31-22)14-30-19-6-3-5-18(13-19)23(27)26-12-4-7-21(26)24(28)29/h8-11,18-19,21H,3-7,12-14H2,1-2H3,(H,28,29)/t18?,19?,21-/m0/s1. The zero-order valence-electron chi connectivity index (χ0n) is 18.2. The number of amides is 1.